The van der Waals surface area contributed by atoms with Crippen LogP contribution in [0.3, 0.4) is 0 Å². The number of hydrogen-bond donors (Lipinski definition) is 0. The van der Waals surface area contributed by atoms with Crippen LogP contribution in [0, 0.1) is 0 Å². The van der Waals surface area contributed by atoms with Gasteiger partial charge < -0.3 is 9.05 Å². The third-order valence-electron chi connectivity index (χ3n) is 2.33. The highest BCUT2D eigenvalue weighted by molar-refractivity contribution is 7.59. The first-order valence-corrected chi connectivity index (χ1v) is 7.97. The Morgan fingerprint density at radius 2 is 1.89 bits per heavy atom. The van der Waals surface area contributed by atoms with Gasteiger partial charge in [0.1, 0.15) is 0 Å². The minimum absolute atomic E-state index is 0.297. The molecule has 1 rings (SSSR count). The fraction of sp³-hybridized carbons (Fsp3) is 0.286. The molecule has 104 valence electrons. The SMILES string of the molecule is C=C/C(=C/c1ccccc1Cl)P(=O)(OCC)OCC. The van der Waals surface area contributed by atoms with Crippen molar-refractivity contribution >= 4 is 25.3 Å². The molecule has 0 aliphatic rings. The number of rotatable bonds is 7. The molecule has 0 unspecified atom stereocenters. The smallest absolute Gasteiger partial charge is 0.305 e. The van der Waals surface area contributed by atoms with Crippen molar-refractivity contribution in [3.05, 3.63) is 52.8 Å². The summed E-state index contributed by atoms with van der Waals surface area (Å²) in [5, 5.41) is 0.977. The Hall–Kier alpha value is -0.860. The van der Waals surface area contributed by atoms with Gasteiger partial charge in [-0.25, -0.2) is 0 Å². The van der Waals surface area contributed by atoms with Crippen LogP contribution >= 0.6 is 19.2 Å². The van der Waals surface area contributed by atoms with Gasteiger partial charge in [0.2, 0.25) is 0 Å². The lowest BCUT2D eigenvalue weighted by Crippen LogP contribution is -1.97. The van der Waals surface area contributed by atoms with Crippen LogP contribution in [0.5, 0.6) is 0 Å². The van der Waals surface area contributed by atoms with E-state index in [4.69, 9.17) is 20.6 Å². The van der Waals surface area contributed by atoms with Crippen LogP contribution in [-0.2, 0) is 13.6 Å². The van der Waals surface area contributed by atoms with Crippen molar-refractivity contribution in [3.8, 4) is 0 Å². The highest BCUT2D eigenvalue weighted by atomic mass is 35.5. The number of hydrogen-bond acceptors (Lipinski definition) is 3. The summed E-state index contributed by atoms with van der Waals surface area (Å²) in [5.41, 5.74) is 0.749. The van der Waals surface area contributed by atoms with Gasteiger partial charge in [-0.2, -0.15) is 0 Å². The maximum absolute atomic E-state index is 12.6. The van der Waals surface area contributed by atoms with E-state index in [0.717, 1.165) is 5.56 Å². The molecule has 1 aromatic rings. The summed E-state index contributed by atoms with van der Waals surface area (Å²) in [6, 6.07) is 7.27. The van der Waals surface area contributed by atoms with Gasteiger partial charge >= 0.3 is 7.60 Å². The van der Waals surface area contributed by atoms with Crippen LogP contribution < -0.4 is 0 Å². The Labute approximate surface area is 119 Å². The molecule has 0 heterocycles. The molecule has 0 saturated heterocycles. The predicted octanol–water partition coefficient (Wildman–Crippen LogP) is 5.13. The molecular formula is C14H18ClO3P. The zero-order valence-corrected chi connectivity index (χ0v) is 12.8. The van der Waals surface area contributed by atoms with E-state index in [2.05, 4.69) is 6.58 Å². The van der Waals surface area contributed by atoms with Gasteiger partial charge in [-0.3, -0.25) is 4.57 Å². The second kappa shape index (κ2) is 7.66. The van der Waals surface area contributed by atoms with E-state index in [1.54, 1.807) is 26.0 Å². The molecule has 0 saturated carbocycles. The van der Waals surface area contributed by atoms with Crippen molar-refractivity contribution in [3.63, 3.8) is 0 Å². The Morgan fingerprint density at radius 1 is 1.32 bits per heavy atom. The molecule has 0 fully saturated rings. The summed E-state index contributed by atoms with van der Waals surface area (Å²) in [5.74, 6) is 0. The molecule has 0 spiro atoms. The van der Waals surface area contributed by atoms with Crippen LogP contribution in [0.1, 0.15) is 19.4 Å². The van der Waals surface area contributed by atoms with Crippen LogP contribution in [0.2, 0.25) is 5.02 Å². The van der Waals surface area contributed by atoms with Crippen molar-refractivity contribution in [1.82, 2.24) is 0 Å². The van der Waals surface area contributed by atoms with Crippen molar-refractivity contribution < 1.29 is 13.6 Å². The number of halogens is 1. The molecule has 0 amide bonds. The van der Waals surface area contributed by atoms with E-state index >= 15 is 0 Å². The molecular weight excluding hydrogens is 283 g/mol. The molecule has 0 aromatic heterocycles. The minimum Gasteiger partial charge on any atom is -0.305 e. The monoisotopic (exact) mass is 300 g/mol. The Morgan fingerprint density at radius 3 is 2.37 bits per heavy atom. The first kappa shape index (κ1) is 16.2. The van der Waals surface area contributed by atoms with E-state index in [1.165, 1.54) is 6.08 Å². The second-order valence-corrected chi connectivity index (χ2v) is 6.06. The van der Waals surface area contributed by atoms with Gasteiger partial charge in [0.05, 0.1) is 18.5 Å². The quantitative estimate of drug-likeness (QED) is 0.517. The van der Waals surface area contributed by atoms with Gasteiger partial charge in [0.15, 0.2) is 0 Å². The molecule has 0 aliphatic carbocycles. The maximum Gasteiger partial charge on any atom is 0.361 e. The van der Waals surface area contributed by atoms with E-state index in [-0.39, 0.29) is 0 Å². The first-order chi connectivity index (χ1) is 9.07. The maximum atomic E-state index is 12.6. The van der Waals surface area contributed by atoms with Gasteiger partial charge in [0, 0.05) is 5.02 Å². The summed E-state index contributed by atoms with van der Waals surface area (Å²) < 4.78 is 23.2. The minimum atomic E-state index is -3.33. The Kier molecular flexibility index (Phi) is 6.53. The fourth-order valence-corrected chi connectivity index (χ4v) is 3.29. The van der Waals surface area contributed by atoms with Crippen LogP contribution in [0.4, 0.5) is 0 Å². The third kappa shape index (κ3) is 4.32. The third-order valence-corrected chi connectivity index (χ3v) is 4.82. The summed E-state index contributed by atoms with van der Waals surface area (Å²) in [6.45, 7) is 7.80. The molecule has 3 nitrogen and oxygen atoms in total. The van der Waals surface area contributed by atoms with Gasteiger partial charge in [-0.05, 0) is 31.6 Å². The lowest BCUT2D eigenvalue weighted by Gasteiger charge is -2.18. The Bertz CT molecular complexity index is 501. The average molecular weight is 301 g/mol. The molecule has 0 radical (unpaired) electrons. The van der Waals surface area contributed by atoms with Crippen molar-refractivity contribution in [2.45, 2.75) is 13.8 Å². The molecule has 0 N–H and O–H groups in total. The largest absolute Gasteiger partial charge is 0.361 e. The molecule has 0 aliphatic heterocycles. The molecule has 0 atom stereocenters. The van der Waals surface area contributed by atoms with E-state index < -0.39 is 7.60 Å². The lowest BCUT2D eigenvalue weighted by molar-refractivity contribution is 0.227. The van der Waals surface area contributed by atoms with E-state index in [1.807, 2.05) is 18.2 Å². The average Bonchev–Trinajstić information content (AvgIpc) is 2.38. The number of allylic oxidation sites excluding steroid dienone is 2. The summed E-state index contributed by atoms with van der Waals surface area (Å²) in [7, 11) is -3.33. The second-order valence-electron chi connectivity index (χ2n) is 3.63. The van der Waals surface area contributed by atoms with Crippen LogP contribution in [0.25, 0.3) is 6.08 Å². The lowest BCUT2D eigenvalue weighted by atomic mass is 10.2. The topological polar surface area (TPSA) is 35.5 Å². The standard InChI is InChI=1S/C14H18ClO3P/c1-4-13(19(16,17-5-2)18-6-3)11-12-9-7-8-10-14(12)15/h4,7-11H,1,5-6H2,2-3H3/b13-11-. The Balaban J connectivity index is 3.21. The molecule has 5 heteroatoms. The summed E-state index contributed by atoms with van der Waals surface area (Å²) in [4.78, 5) is 0. The summed E-state index contributed by atoms with van der Waals surface area (Å²) >= 11 is 6.08. The van der Waals surface area contributed by atoms with E-state index in [9.17, 15) is 4.57 Å². The molecule has 19 heavy (non-hydrogen) atoms. The normalized spacial score (nSPS) is 12.5. The van der Waals surface area contributed by atoms with Gasteiger partial charge in [-0.1, -0.05) is 42.5 Å². The van der Waals surface area contributed by atoms with Gasteiger partial charge in [-0.15, -0.1) is 0 Å². The van der Waals surface area contributed by atoms with Crippen molar-refractivity contribution in [1.29, 1.82) is 0 Å². The molecule has 0 bridgehead atoms. The van der Waals surface area contributed by atoms with Gasteiger partial charge in [0.25, 0.3) is 0 Å². The highest BCUT2D eigenvalue weighted by Gasteiger charge is 2.27. The van der Waals surface area contributed by atoms with Crippen molar-refractivity contribution in [2.24, 2.45) is 0 Å². The predicted molar refractivity (Wildman–Crippen MR) is 80.5 cm³/mol. The zero-order chi connectivity index (χ0) is 14.3. The van der Waals surface area contributed by atoms with Crippen molar-refractivity contribution in [2.75, 3.05) is 13.2 Å². The summed E-state index contributed by atoms with van der Waals surface area (Å²) in [6.07, 6.45) is 3.16. The first-order valence-electron chi connectivity index (χ1n) is 6.05. The van der Waals surface area contributed by atoms with E-state index in [0.29, 0.717) is 23.6 Å². The zero-order valence-electron chi connectivity index (χ0n) is 11.1. The van der Waals surface area contributed by atoms with Crippen LogP contribution in [0.15, 0.2) is 42.2 Å². The molecule has 1 aromatic carbocycles. The highest BCUT2D eigenvalue weighted by Crippen LogP contribution is 2.57. The fourth-order valence-electron chi connectivity index (χ4n) is 1.53. The number of benzene rings is 1. The van der Waals surface area contributed by atoms with Crippen LogP contribution in [-0.4, -0.2) is 13.2 Å².